The van der Waals surface area contributed by atoms with E-state index in [1.165, 1.54) is 5.56 Å². The number of nitrogens with one attached hydrogen (secondary N) is 1. The molecule has 2 aromatic rings. The predicted octanol–water partition coefficient (Wildman–Crippen LogP) is 2.85. The first kappa shape index (κ1) is 12.1. The Morgan fingerprint density at radius 2 is 1.84 bits per heavy atom. The van der Waals surface area contributed by atoms with Crippen molar-refractivity contribution in [3.63, 3.8) is 0 Å². The molecule has 96 valence electrons. The molecular weight excluding hydrogens is 256 g/mol. The van der Waals surface area contributed by atoms with Crippen molar-refractivity contribution in [1.82, 2.24) is 5.32 Å². The fourth-order valence-electron chi connectivity index (χ4n) is 2.13. The molecule has 0 aliphatic carbocycles. The summed E-state index contributed by atoms with van der Waals surface area (Å²) in [6, 6.07) is 15.6. The number of benzene rings is 2. The van der Waals surface area contributed by atoms with Crippen molar-refractivity contribution < 1.29 is 4.79 Å². The topological polar surface area (TPSA) is 55.1 Å². The van der Waals surface area contributed by atoms with Gasteiger partial charge >= 0.3 is 0 Å². The third kappa shape index (κ3) is 2.44. The standard InChI is InChI=1S/C15H14N2OS/c16-11-7-5-10(6-8-11)14-9-17-15(18)12-3-1-2-4-13(12)19-14/h1-8,14H,9,16H2,(H,17,18). The number of nitrogen functional groups attached to an aromatic ring is 1. The van der Waals surface area contributed by atoms with E-state index >= 15 is 0 Å². The van der Waals surface area contributed by atoms with E-state index in [1.807, 2.05) is 48.5 Å². The molecule has 1 amide bonds. The minimum atomic E-state index is 0.000968. The highest BCUT2D eigenvalue weighted by atomic mass is 32.2. The number of rotatable bonds is 1. The molecule has 0 saturated carbocycles. The third-order valence-corrected chi connectivity index (χ3v) is 4.49. The van der Waals surface area contributed by atoms with Crippen molar-refractivity contribution in [2.75, 3.05) is 12.3 Å². The van der Waals surface area contributed by atoms with Gasteiger partial charge in [-0.2, -0.15) is 0 Å². The second kappa shape index (κ2) is 4.97. The zero-order valence-electron chi connectivity index (χ0n) is 10.3. The molecule has 1 aliphatic heterocycles. The molecule has 3 rings (SSSR count). The van der Waals surface area contributed by atoms with Crippen molar-refractivity contribution in [3.05, 3.63) is 59.7 Å². The highest BCUT2D eigenvalue weighted by molar-refractivity contribution is 7.99. The van der Waals surface area contributed by atoms with Crippen LogP contribution in [0.3, 0.4) is 0 Å². The van der Waals surface area contributed by atoms with Crippen LogP contribution in [-0.4, -0.2) is 12.5 Å². The summed E-state index contributed by atoms with van der Waals surface area (Å²) in [6.07, 6.45) is 0. The molecule has 1 unspecified atom stereocenters. The number of thioether (sulfide) groups is 1. The molecule has 3 N–H and O–H groups in total. The van der Waals surface area contributed by atoms with Gasteiger partial charge in [-0.05, 0) is 29.8 Å². The van der Waals surface area contributed by atoms with Gasteiger partial charge in [-0.15, -0.1) is 11.8 Å². The Labute approximate surface area is 116 Å². The van der Waals surface area contributed by atoms with Crippen LogP contribution in [-0.2, 0) is 0 Å². The molecule has 0 aromatic heterocycles. The lowest BCUT2D eigenvalue weighted by atomic mass is 10.1. The molecule has 0 bridgehead atoms. The predicted molar refractivity (Wildman–Crippen MR) is 78.2 cm³/mol. The molecule has 19 heavy (non-hydrogen) atoms. The maximum absolute atomic E-state index is 12.0. The summed E-state index contributed by atoms with van der Waals surface area (Å²) >= 11 is 1.72. The number of fused-ring (bicyclic) bond motifs is 1. The van der Waals surface area contributed by atoms with Gasteiger partial charge in [0.05, 0.1) is 10.8 Å². The molecule has 0 spiro atoms. The maximum Gasteiger partial charge on any atom is 0.252 e. The van der Waals surface area contributed by atoms with Crippen LogP contribution in [0.2, 0.25) is 0 Å². The van der Waals surface area contributed by atoms with Gasteiger partial charge in [-0.1, -0.05) is 24.3 Å². The first-order chi connectivity index (χ1) is 9.24. The summed E-state index contributed by atoms with van der Waals surface area (Å²) in [5.41, 5.74) is 8.40. The zero-order chi connectivity index (χ0) is 13.2. The Balaban J connectivity index is 1.94. The van der Waals surface area contributed by atoms with Gasteiger partial charge < -0.3 is 11.1 Å². The Hall–Kier alpha value is -1.94. The highest BCUT2D eigenvalue weighted by Crippen LogP contribution is 2.38. The van der Waals surface area contributed by atoms with E-state index in [0.717, 1.165) is 16.1 Å². The summed E-state index contributed by atoms with van der Waals surface area (Å²) in [7, 11) is 0. The van der Waals surface area contributed by atoms with Crippen molar-refractivity contribution >= 4 is 23.4 Å². The van der Waals surface area contributed by atoms with Gasteiger partial charge in [-0.3, -0.25) is 4.79 Å². The molecule has 3 nitrogen and oxygen atoms in total. The van der Waals surface area contributed by atoms with E-state index in [4.69, 9.17) is 5.73 Å². The molecule has 4 heteroatoms. The van der Waals surface area contributed by atoms with Gasteiger partial charge in [0.15, 0.2) is 0 Å². The number of anilines is 1. The number of hydrogen-bond acceptors (Lipinski definition) is 3. The van der Waals surface area contributed by atoms with Crippen molar-refractivity contribution in [2.24, 2.45) is 0 Å². The minimum absolute atomic E-state index is 0.000968. The van der Waals surface area contributed by atoms with E-state index < -0.39 is 0 Å². The smallest absolute Gasteiger partial charge is 0.252 e. The van der Waals surface area contributed by atoms with Crippen LogP contribution in [0.25, 0.3) is 0 Å². The summed E-state index contributed by atoms with van der Waals surface area (Å²) in [5, 5.41) is 3.19. The second-order valence-electron chi connectivity index (χ2n) is 4.48. The van der Waals surface area contributed by atoms with Crippen molar-refractivity contribution in [2.45, 2.75) is 10.1 Å². The van der Waals surface area contributed by atoms with E-state index in [0.29, 0.717) is 6.54 Å². The SMILES string of the molecule is Nc1ccc(C2CNC(=O)c3ccccc3S2)cc1. The van der Waals surface area contributed by atoms with Gasteiger partial charge in [0.1, 0.15) is 0 Å². The maximum atomic E-state index is 12.0. The van der Waals surface area contributed by atoms with Crippen LogP contribution in [0.1, 0.15) is 21.2 Å². The molecule has 1 atom stereocenters. The lowest BCUT2D eigenvalue weighted by Crippen LogP contribution is -2.25. The van der Waals surface area contributed by atoms with Crippen LogP contribution >= 0.6 is 11.8 Å². The molecule has 2 aromatic carbocycles. The molecule has 0 saturated heterocycles. The first-order valence-corrected chi connectivity index (χ1v) is 7.01. The number of carbonyl (C=O) groups excluding carboxylic acids is 1. The molecule has 0 fully saturated rings. The Morgan fingerprint density at radius 3 is 2.63 bits per heavy atom. The summed E-state index contributed by atoms with van der Waals surface area (Å²) in [5.74, 6) is 0.000968. The molecule has 1 aliphatic rings. The third-order valence-electron chi connectivity index (χ3n) is 3.16. The Kier molecular flexibility index (Phi) is 3.17. The molecular formula is C15H14N2OS. The van der Waals surface area contributed by atoms with Crippen molar-refractivity contribution in [1.29, 1.82) is 0 Å². The van der Waals surface area contributed by atoms with Gasteiger partial charge in [-0.25, -0.2) is 0 Å². The minimum Gasteiger partial charge on any atom is -0.399 e. The Morgan fingerprint density at radius 1 is 1.11 bits per heavy atom. The van der Waals surface area contributed by atoms with E-state index in [9.17, 15) is 4.79 Å². The normalized spacial score (nSPS) is 18.3. The van der Waals surface area contributed by atoms with E-state index in [2.05, 4.69) is 5.32 Å². The lowest BCUT2D eigenvalue weighted by Gasteiger charge is -2.14. The van der Waals surface area contributed by atoms with E-state index in [-0.39, 0.29) is 11.2 Å². The number of amides is 1. The van der Waals surface area contributed by atoms with E-state index in [1.54, 1.807) is 11.8 Å². The fraction of sp³-hybridized carbons (Fsp3) is 0.133. The lowest BCUT2D eigenvalue weighted by molar-refractivity contribution is 0.0952. The first-order valence-electron chi connectivity index (χ1n) is 6.13. The molecule has 0 radical (unpaired) electrons. The zero-order valence-corrected chi connectivity index (χ0v) is 11.1. The number of hydrogen-bond donors (Lipinski definition) is 2. The Bertz CT molecular complexity index is 610. The second-order valence-corrected chi connectivity index (χ2v) is 5.72. The van der Waals surface area contributed by atoms with Gasteiger partial charge in [0.2, 0.25) is 0 Å². The summed E-state index contributed by atoms with van der Waals surface area (Å²) in [6.45, 7) is 0.627. The average Bonchev–Trinajstić information content (AvgIpc) is 2.60. The monoisotopic (exact) mass is 270 g/mol. The van der Waals surface area contributed by atoms with Crippen LogP contribution in [0, 0.1) is 0 Å². The van der Waals surface area contributed by atoms with Gasteiger partial charge in [0, 0.05) is 17.1 Å². The quantitative estimate of drug-likeness (QED) is 0.783. The summed E-state index contributed by atoms with van der Waals surface area (Å²) < 4.78 is 0. The van der Waals surface area contributed by atoms with Crippen LogP contribution < -0.4 is 11.1 Å². The summed E-state index contributed by atoms with van der Waals surface area (Å²) in [4.78, 5) is 13.0. The van der Waals surface area contributed by atoms with Crippen LogP contribution in [0.15, 0.2) is 53.4 Å². The largest absolute Gasteiger partial charge is 0.399 e. The number of nitrogens with two attached hydrogens (primary N) is 1. The molecule has 1 heterocycles. The fourth-order valence-corrected chi connectivity index (χ4v) is 3.34. The van der Waals surface area contributed by atoms with Crippen molar-refractivity contribution in [3.8, 4) is 0 Å². The number of carbonyl (C=O) groups is 1. The highest BCUT2D eigenvalue weighted by Gasteiger charge is 2.22. The van der Waals surface area contributed by atoms with Crippen LogP contribution in [0.5, 0.6) is 0 Å². The van der Waals surface area contributed by atoms with Crippen LogP contribution in [0.4, 0.5) is 5.69 Å². The average molecular weight is 270 g/mol. The van der Waals surface area contributed by atoms with Gasteiger partial charge in [0.25, 0.3) is 5.91 Å².